The van der Waals surface area contributed by atoms with Gasteiger partial charge in [-0.05, 0) is 36.8 Å². The first-order valence-electron chi connectivity index (χ1n) is 6.53. The molecule has 0 saturated heterocycles. The molecule has 0 spiro atoms. The molecule has 110 valence electrons. The highest BCUT2D eigenvalue weighted by molar-refractivity contribution is 6.30. The third-order valence-corrected chi connectivity index (χ3v) is 3.12. The monoisotopic (exact) mass is 307 g/mol. The standard InChI is InChI=1S/C15H15ClFN3O/c1-2-18-14-11(4-3-7-19-14)15(21)20-9-10-5-6-13(17)12(16)8-10/h3-8H,2,9H2,1H3,(H,18,19)(H,20,21). The molecule has 4 nitrogen and oxygen atoms in total. The molecule has 1 aromatic heterocycles. The summed E-state index contributed by atoms with van der Waals surface area (Å²) >= 11 is 5.70. The van der Waals surface area contributed by atoms with Crippen molar-refractivity contribution in [3.05, 3.63) is 58.5 Å². The number of nitrogens with one attached hydrogen (secondary N) is 2. The van der Waals surface area contributed by atoms with Gasteiger partial charge in [0.05, 0.1) is 10.6 Å². The number of rotatable bonds is 5. The van der Waals surface area contributed by atoms with Gasteiger partial charge in [0.25, 0.3) is 5.91 Å². The summed E-state index contributed by atoms with van der Waals surface area (Å²) in [4.78, 5) is 16.3. The largest absolute Gasteiger partial charge is 0.370 e. The number of nitrogens with zero attached hydrogens (tertiary/aromatic N) is 1. The van der Waals surface area contributed by atoms with Crippen LogP contribution in [0.1, 0.15) is 22.8 Å². The number of halogens is 2. The molecule has 2 N–H and O–H groups in total. The Morgan fingerprint density at radius 1 is 1.38 bits per heavy atom. The minimum Gasteiger partial charge on any atom is -0.370 e. The van der Waals surface area contributed by atoms with Crippen LogP contribution in [0, 0.1) is 5.82 Å². The summed E-state index contributed by atoms with van der Waals surface area (Å²) in [5.74, 6) is -0.192. The van der Waals surface area contributed by atoms with Crippen molar-refractivity contribution < 1.29 is 9.18 Å². The number of benzene rings is 1. The van der Waals surface area contributed by atoms with Crippen LogP contribution in [0.15, 0.2) is 36.5 Å². The van der Waals surface area contributed by atoms with Gasteiger partial charge in [-0.3, -0.25) is 4.79 Å². The third kappa shape index (κ3) is 3.92. The smallest absolute Gasteiger partial charge is 0.255 e. The Morgan fingerprint density at radius 2 is 2.19 bits per heavy atom. The van der Waals surface area contributed by atoms with E-state index in [2.05, 4.69) is 15.6 Å². The molecule has 1 amide bonds. The summed E-state index contributed by atoms with van der Waals surface area (Å²) in [6, 6.07) is 7.74. The van der Waals surface area contributed by atoms with Gasteiger partial charge < -0.3 is 10.6 Å². The van der Waals surface area contributed by atoms with Crippen LogP contribution in [0.2, 0.25) is 5.02 Å². The second-order valence-electron chi connectivity index (χ2n) is 4.36. The lowest BCUT2D eigenvalue weighted by Gasteiger charge is -2.10. The Balaban J connectivity index is 2.06. The maximum Gasteiger partial charge on any atom is 0.255 e. The van der Waals surface area contributed by atoms with Gasteiger partial charge in [-0.1, -0.05) is 17.7 Å². The maximum absolute atomic E-state index is 13.1. The Labute approximate surface area is 127 Å². The molecule has 0 unspecified atom stereocenters. The lowest BCUT2D eigenvalue weighted by Crippen LogP contribution is -2.24. The van der Waals surface area contributed by atoms with Crippen LogP contribution in [0.3, 0.4) is 0 Å². The van der Waals surface area contributed by atoms with Crippen molar-refractivity contribution in [3.63, 3.8) is 0 Å². The van der Waals surface area contributed by atoms with Gasteiger partial charge >= 0.3 is 0 Å². The summed E-state index contributed by atoms with van der Waals surface area (Å²) in [5.41, 5.74) is 1.19. The molecule has 2 aromatic rings. The van der Waals surface area contributed by atoms with E-state index in [1.54, 1.807) is 24.4 Å². The number of aromatic nitrogens is 1. The van der Waals surface area contributed by atoms with E-state index in [1.807, 2.05) is 6.92 Å². The molecule has 0 aliphatic carbocycles. The number of carbonyl (C=O) groups excluding carboxylic acids is 1. The van der Waals surface area contributed by atoms with E-state index >= 15 is 0 Å². The summed E-state index contributed by atoms with van der Waals surface area (Å²) in [6.45, 7) is 2.86. The van der Waals surface area contributed by atoms with E-state index in [0.29, 0.717) is 17.9 Å². The number of pyridine rings is 1. The zero-order valence-electron chi connectivity index (χ0n) is 11.5. The van der Waals surface area contributed by atoms with E-state index in [4.69, 9.17) is 11.6 Å². The molecule has 0 saturated carbocycles. The fourth-order valence-electron chi connectivity index (χ4n) is 1.82. The van der Waals surface area contributed by atoms with Crippen molar-refractivity contribution in [3.8, 4) is 0 Å². The third-order valence-electron chi connectivity index (χ3n) is 2.83. The van der Waals surface area contributed by atoms with Crippen LogP contribution in [-0.2, 0) is 6.54 Å². The molecule has 0 atom stereocenters. The van der Waals surface area contributed by atoms with E-state index in [0.717, 1.165) is 5.56 Å². The Kier molecular flexibility index (Phi) is 5.11. The number of carbonyl (C=O) groups is 1. The zero-order valence-corrected chi connectivity index (χ0v) is 12.2. The Morgan fingerprint density at radius 3 is 2.90 bits per heavy atom. The van der Waals surface area contributed by atoms with Gasteiger partial charge in [0.2, 0.25) is 0 Å². The first-order valence-corrected chi connectivity index (χ1v) is 6.90. The summed E-state index contributed by atoms with van der Waals surface area (Å²) in [6.07, 6.45) is 1.62. The van der Waals surface area contributed by atoms with Gasteiger partial charge in [-0.25, -0.2) is 9.37 Å². The molecular formula is C15H15ClFN3O. The van der Waals surface area contributed by atoms with Crippen molar-refractivity contribution in [1.29, 1.82) is 0 Å². The molecular weight excluding hydrogens is 293 g/mol. The molecule has 0 fully saturated rings. The molecule has 0 aliphatic rings. The SMILES string of the molecule is CCNc1ncccc1C(=O)NCc1ccc(F)c(Cl)c1. The highest BCUT2D eigenvalue weighted by atomic mass is 35.5. The lowest BCUT2D eigenvalue weighted by atomic mass is 10.2. The molecule has 1 aromatic carbocycles. The summed E-state index contributed by atoms with van der Waals surface area (Å²) in [5, 5.41) is 5.83. The molecule has 2 rings (SSSR count). The normalized spacial score (nSPS) is 10.2. The van der Waals surface area contributed by atoms with Gasteiger partial charge in [0, 0.05) is 19.3 Å². The predicted octanol–water partition coefficient (Wildman–Crippen LogP) is 3.24. The lowest BCUT2D eigenvalue weighted by molar-refractivity contribution is 0.0951. The quantitative estimate of drug-likeness (QED) is 0.891. The second-order valence-corrected chi connectivity index (χ2v) is 4.77. The fourth-order valence-corrected chi connectivity index (χ4v) is 2.03. The van der Waals surface area contributed by atoms with Crippen molar-refractivity contribution in [2.75, 3.05) is 11.9 Å². The molecule has 0 bridgehead atoms. The van der Waals surface area contributed by atoms with E-state index in [9.17, 15) is 9.18 Å². The van der Waals surface area contributed by atoms with Crippen molar-refractivity contribution >= 4 is 23.3 Å². The van der Waals surface area contributed by atoms with Crippen LogP contribution in [-0.4, -0.2) is 17.4 Å². The maximum atomic E-state index is 13.1. The van der Waals surface area contributed by atoms with Gasteiger partial charge in [-0.2, -0.15) is 0 Å². The molecule has 6 heteroatoms. The van der Waals surface area contributed by atoms with Gasteiger partial charge in [0.15, 0.2) is 0 Å². The van der Waals surface area contributed by atoms with Crippen molar-refractivity contribution in [2.24, 2.45) is 0 Å². The second kappa shape index (κ2) is 7.04. The van der Waals surface area contributed by atoms with Crippen LogP contribution < -0.4 is 10.6 Å². The average molecular weight is 308 g/mol. The van der Waals surface area contributed by atoms with Crippen molar-refractivity contribution in [1.82, 2.24) is 10.3 Å². The number of anilines is 1. The summed E-state index contributed by atoms with van der Waals surface area (Å²) < 4.78 is 13.1. The van der Waals surface area contributed by atoms with E-state index in [-0.39, 0.29) is 17.5 Å². The highest BCUT2D eigenvalue weighted by Gasteiger charge is 2.11. The molecule has 1 heterocycles. The first kappa shape index (κ1) is 15.3. The predicted molar refractivity (Wildman–Crippen MR) is 81.0 cm³/mol. The van der Waals surface area contributed by atoms with Gasteiger partial charge in [-0.15, -0.1) is 0 Å². The Hall–Kier alpha value is -2.14. The molecule has 0 aliphatic heterocycles. The highest BCUT2D eigenvalue weighted by Crippen LogP contribution is 2.16. The first-order chi connectivity index (χ1) is 10.1. The number of hydrogen-bond acceptors (Lipinski definition) is 3. The Bertz CT molecular complexity index is 649. The molecule has 0 radical (unpaired) electrons. The summed E-state index contributed by atoms with van der Waals surface area (Å²) in [7, 11) is 0. The van der Waals surface area contributed by atoms with Crippen LogP contribution >= 0.6 is 11.6 Å². The van der Waals surface area contributed by atoms with Crippen LogP contribution in [0.5, 0.6) is 0 Å². The van der Waals surface area contributed by atoms with E-state index < -0.39 is 5.82 Å². The minimum absolute atomic E-state index is 0.0384. The fraction of sp³-hybridized carbons (Fsp3) is 0.200. The van der Waals surface area contributed by atoms with Gasteiger partial charge in [0.1, 0.15) is 11.6 Å². The number of amides is 1. The number of hydrogen-bond donors (Lipinski definition) is 2. The topological polar surface area (TPSA) is 54.0 Å². The van der Waals surface area contributed by atoms with Crippen LogP contribution in [0.4, 0.5) is 10.2 Å². The zero-order chi connectivity index (χ0) is 15.2. The van der Waals surface area contributed by atoms with Crippen molar-refractivity contribution in [2.45, 2.75) is 13.5 Å². The average Bonchev–Trinajstić information content (AvgIpc) is 2.49. The van der Waals surface area contributed by atoms with E-state index in [1.165, 1.54) is 12.1 Å². The minimum atomic E-state index is -0.478. The van der Waals surface area contributed by atoms with Crippen LogP contribution in [0.25, 0.3) is 0 Å². The molecule has 21 heavy (non-hydrogen) atoms.